The van der Waals surface area contributed by atoms with Crippen LogP contribution >= 0.6 is 27.5 Å². The predicted octanol–water partition coefficient (Wildman–Crippen LogP) is 4.20. The lowest BCUT2D eigenvalue weighted by atomic mass is 10.2. The Morgan fingerprint density at radius 3 is 2.83 bits per heavy atom. The third-order valence-corrected chi connectivity index (χ3v) is 4.93. The fraction of sp³-hybridized carbons (Fsp3) is 0.238. The van der Waals surface area contributed by atoms with Crippen molar-refractivity contribution in [2.45, 2.75) is 19.8 Å². The Bertz CT molecular complexity index is 1180. The van der Waals surface area contributed by atoms with Crippen LogP contribution in [0.2, 0.25) is 5.02 Å². The smallest absolute Gasteiger partial charge is 0.343 e. The number of halogens is 2. The van der Waals surface area contributed by atoms with Gasteiger partial charge in [-0.1, -0.05) is 34.5 Å². The van der Waals surface area contributed by atoms with Gasteiger partial charge in [0.2, 0.25) is 0 Å². The molecule has 1 aromatic heterocycles. The van der Waals surface area contributed by atoms with Gasteiger partial charge in [-0.3, -0.25) is 4.79 Å². The average molecular weight is 493 g/mol. The van der Waals surface area contributed by atoms with Gasteiger partial charge >= 0.3 is 5.97 Å². The summed E-state index contributed by atoms with van der Waals surface area (Å²) in [6.45, 7) is 1.74. The highest BCUT2D eigenvalue weighted by molar-refractivity contribution is 9.10. The van der Waals surface area contributed by atoms with Gasteiger partial charge in [0.05, 0.1) is 24.2 Å². The average Bonchev–Trinajstić information content (AvgIpc) is 2.73. The minimum Gasteiger partial charge on any atom is -0.481 e. The van der Waals surface area contributed by atoms with E-state index in [1.165, 1.54) is 18.0 Å². The van der Waals surface area contributed by atoms with E-state index >= 15 is 0 Å². The Morgan fingerprint density at radius 1 is 1.30 bits per heavy atom. The zero-order chi connectivity index (χ0) is 21.7. The van der Waals surface area contributed by atoms with Gasteiger partial charge in [-0.25, -0.2) is 9.78 Å². The van der Waals surface area contributed by atoms with Crippen LogP contribution in [0.15, 0.2) is 50.8 Å². The highest BCUT2D eigenvalue weighted by atomic mass is 79.9. The van der Waals surface area contributed by atoms with Crippen molar-refractivity contribution in [1.29, 1.82) is 0 Å². The molecule has 9 heteroatoms. The summed E-state index contributed by atoms with van der Waals surface area (Å²) in [6, 6.07) is 10.2. The maximum Gasteiger partial charge on any atom is 0.343 e. The first-order valence-electron chi connectivity index (χ1n) is 9.17. The number of hydrogen-bond acceptors (Lipinski definition) is 6. The second kappa shape index (κ2) is 9.86. The van der Waals surface area contributed by atoms with Crippen molar-refractivity contribution >= 4 is 50.6 Å². The lowest BCUT2D eigenvalue weighted by Gasteiger charge is -2.10. The van der Waals surface area contributed by atoms with Crippen LogP contribution in [0.25, 0.3) is 10.9 Å². The molecule has 1 heterocycles. The molecule has 0 spiro atoms. The maximum atomic E-state index is 13.1. The van der Waals surface area contributed by atoms with Gasteiger partial charge in [0.15, 0.2) is 6.61 Å². The van der Waals surface area contributed by atoms with Crippen molar-refractivity contribution in [1.82, 2.24) is 9.66 Å². The van der Waals surface area contributed by atoms with Crippen LogP contribution in [0.4, 0.5) is 0 Å². The van der Waals surface area contributed by atoms with Crippen molar-refractivity contribution in [2.75, 3.05) is 13.7 Å². The van der Waals surface area contributed by atoms with Crippen molar-refractivity contribution < 1.29 is 14.3 Å². The second-order valence-corrected chi connectivity index (χ2v) is 7.70. The number of aromatic nitrogens is 2. The number of fused-ring (bicyclic) bond motifs is 1. The van der Waals surface area contributed by atoms with Crippen molar-refractivity contribution in [3.63, 3.8) is 0 Å². The van der Waals surface area contributed by atoms with Crippen molar-refractivity contribution in [3.05, 3.63) is 67.6 Å². The first-order valence-corrected chi connectivity index (χ1v) is 10.3. The summed E-state index contributed by atoms with van der Waals surface area (Å²) in [5.41, 5.74) is 0.845. The van der Waals surface area contributed by atoms with E-state index in [4.69, 9.17) is 16.3 Å². The lowest BCUT2D eigenvalue weighted by molar-refractivity contribution is -0.142. The molecule has 0 saturated heterocycles. The number of nitrogens with zero attached hydrogens (tertiary/aromatic N) is 3. The van der Waals surface area contributed by atoms with Crippen LogP contribution in [0.1, 0.15) is 24.7 Å². The monoisotopic (exact) mass is 491 g/mol. The van der Waals surface area contributed by atoms with Gasteiger partial charge in [0.1, 0.15) is 11.6 Å². The van der Waals surface area contributed by atoms with Crippen molar-refractivity contribution in [3.8, 4) is 5.75 Å². The highest BCUT2D eigenvalue weighted by Gasteiger charge is 2.12. The summed E-state index contributed by atoms with van der Waals surface area (Å²) in [5.74, 6) is 0.418. The van der Waals surface area contributed by atoms with E-state index in [0.717, 1.165) is 10.9 Å². The van der Waals surface area contributed by atoms with Gasteiger partial charge in [0.25, 0.3) is 5.56 Å². The Morgan fingerprint density at radius 2 is 2.10 bits per heavy atom. The SMILES string of the molecule is CCCc1nc2ccc(Br)cc2c(=O)n1N=Cc1cc(Cl)ccc1OCC(=O)OC. The molecule has 0 saturated carbocycles. The molecule has 3 aromatic rings. The first kappa shape index (κ1) is 22.0. The van der Waals surface area contributed by atoms with Crippen LogP contribution < -0.4 is 10.3 Å². The molecule has 0 fully saturated rings. The molecule has 0 aliphatic rings. The van der Waals surface area contributed by atoms with Gasteiger partial charge in [-0.15, -0.1) is 0 Å². The summed E-state index contributed by atoms with van der Waals surface area (Å²) in [7, 11) is 1.28. The largest absolute Gasteiger partial charge is 0.481 e. The quantitative estimate of drug-likeness (QED) is 0.365. The molecule has 30 heavy (non-hydrogen) atoms. The number of aryl methyl sites for hydroxylation is 1. The predicted molar refractivity (Wildman–Crippen MR) is 120 cm³/mol. The molecule has 3 rings (SSSR count). The van der Waals surface area contributed by atoms with Crippen LogP contribution in [-0.2, 0) is 16.0 Å². The molecule has 0 N–H and O–H groups in total. The topological polar surface area (TPSA) is 82.8 Å². The lowest BCUT2D eigenvalue weighted by Crippen LogP contribution is -2.22. The second-order valence-electron chi connectivity index (χ2n) is 6.35. The Kier molecular flexibility index (Phi) is 7.23. The van der Waals surface area contributed by atoms with E-state index in [0.29, 0.717) is 39.5 Å². The Balaban J connectivity index is 2.06. The van der Waals surface area contributed by atoms with Crippen LogP contribution in [-0.4, -0.2) is 35.6 Å². The molecule has 0 aliphatic heterocycles. The fourth-order valence-electron chi connectivity index (χ4n) is 2.77. The van der Waals surface area contributed by atoms with Gasteiger partial charge in [0, 0.05) is 21.5 Å². The van der Waals surface area contributed by atoms with Crippen LogP contribution in [0.5, 0.6) is 5.75 Å². The molecule has 0 amide bonds. The summed E-state index contributed by atoms with van der Waals surface area (Å²) in [6.07, 6.45) is 2.85. The number of rotatable bonds is 7. The first-order chi connectivity index (χ1) is 14.4. The molecule has 0 bridgehead atoms. The van der Waals surface area contributed by atoms with Crippen LogP contribution in [0, 0.1) is 0 Å². The van der Waals surface area contributed by atoms with Gasteiger partial charge in [-0.05, 0) is 42.8 Å². The number of methoxy groups -OCH3 is 1. The number of carbonyl (C=O) groups is 1. The summed E-state index contributed by atoms with van der Waals surface area (Å²) >= 11 is 9.49. The van der Waals surface area contributed by atoms with Crippen LogP contribution in [0.3, 0.4) is 0 Å². The summed E-state index contributed by atoms with van der Waals surface area (Å²) in [4.78, 5) is 29.1. The number of benzene rings is 2. The standard InChI is InChI=1S/C21H19BrClN3O4/c1-3-4-19-25-17-7-5-14(22)10-16(17)21(28)26(19)24-11-13-9-15(23)6-8-18(13)30-12-20(27)29-2/h5-11H,3-4,12H2,1-2H3. The molecule has 0 atom stereocenters. The van der Waals surface area contributed by atoms with E-state index < -0.39 is 5.97 Å². The highest BCUT2D eigenvalue weighted by Crippen LogP contribution is 2.22. The Labute approximate surface area is 186 Å². The van der Waals surface area contributed by atoms with E-state index in [1.54, 1.807) is 30.3 Å². The van der Waals surface area contributed by atoms with Gasteiger partial charge < -0.3 is 9.47 Å². The normalized spacial score (nSPS) is 11.2. The zero-order valence-corrected chi connectivity index (χ0v) is 18.7. The van der Waals surface area contributed by atoms with E-state index in [1.807, 2.05) is 13.0 Å². The minimum absolute atomic E-state index is 0.258. The molecular formula is C21H19BrClN3O4. The van der Waals surface area contributed by atoms with E-state index in [-0.39, 0.29) is 12.2 Å². The molecule has 0 radical (unpaired) electrons. The van der Waals surface area contributed by atoms with Gasteiger partial charge in [-0.2, -0.15) is 9.78 Å². The van der Waals surface area contributed by atoms with Crippen molar-refractivity contribution in [2.24, 2.45) is 5.10 Å². The van der Waals surface area contributed by atoms with E-state index in [9.17, 15) is 9.59 Å². The zero-order valence-electron chi connectivity index (χ0n) is 16.4. The minimum atomic E-state index is -0.515. The number of hydrogen-bond donors (Lipinski definition) is 0. The number of ether oxygens (including phenoxy) is 2. The molecule has 0 unspecified atom stereocenters. The maximum absolute atomic E-state index is 13.1. The summed E-state index contributed by atoms with van der Waals surface area (Å²) in [5, 5.41) is 5.28. The molecule has 0 aliphatic carbocycles. The number of carbonyl (C=O) groups excluding carboxylic acids is 1. The molecule has 156 valence electrons. The number of esters is 1. The third-order valence-electron chi connectivity index (χ3n) is 4.21. The molecule has 2 aromatic carbocycles. The fourth-order valence-corrected chi connectivity index (χ4v) is 3.31. The third kappa shape index (κ3) is 5.06. The summed E-state index contributed by atoms with van der Waals surface area (Å²) < 4.78 is 12.1. The molecule has 7 nitrogen and oxygen atoms in total. The molecular weight excluding hydrogens is 474 g/mol. The Hall–Kier alpha value is -2.71. The van der Waals surface area contributed by atoms with E-state index in [2.05, 4.69) is 30.8 Å².